The molecule has 0 radical (unpaired) electrons. The maximum absolute atomic E-state index is 10.1. The van der Waals surface area contributed by atoms with Crippen LogP contribution in [0, 0.1) is 17.8 Å². The fourth-order valence-corrected chi connectivity index (χ4v) is 4.53. The molecule has 122 valence electrons. The molecule has 4 atom stereocenters. The molecular formula is C18H28N2O2. The lowest BCUT2D eigenvalue weighted by molar-refractivity contribution is 0.104. The smallest absolute Gasteiger partial charge is 0.0617 e. The molecule has 0 bridgehead atoms. The lowest BCUT2D eigenvalue weighted by Gasteiger charge is -2.35. The topological polar surface area (TPSA) is 55.7 Å². The van der Waals surface area contributed by atoms with Crippen LogP contribution in [-0.2, 0) is 0 Å². The third-order valence-electron chi connectivity index (χ3n) is 5.67. The normalized spacial score (nSPS) is 34.4. The molecule has 22 heavy (non-hydrogen) atoms. The molecule has 3 rings (SSSR count). The predicted molar refractivity (Wildman–Crippen MR) is 88.9 cm³/mol. The minimum atomic E-state index is -0.335. The molecule has 2 aliphatic heterocycles. The first-order valence-electron chi connectivity index (χ1n) is 8.40. The monoisotopic (exact) mass is 304 g/mol. The van der Waals surface area contributed by atoms with E-state index in [1.807, 2.05) is 6.07 Å². The first kappa shape index (κ1) is 15.8. The summed E-state index contributed by atoms with van der Waals surface area (Å²) in [6, 6.07) is 10.9. The lowest BCUT2D eigenvalue weighted by atomic mass is 9.78. The molecule has 2 heterocycles. The van der Waals surface area contributed by atoms with Gasteiger partial charge in [-0.15, -0.1) is 0 Å². The SMILES string of the molecule is CC(C)[C@H]1N[C@](CO)(CCO)[C@H]2CN(c3ccccc3)C[C@@H]12. The van der Waals surface area contributed by atoms with Crippen LogP contribution in [0.5, 0.6) is 0 Å². The van der Waals surface area contributed by atoms with Crippen molar-refractivity contribution in [1.29, 1.82) is 0 Å². The lowest BCUT2D eigenvalue weighted by Crippen LogP contribution is -2.53. The van der Waals surface area contributed by atoms with Gasteiger partial charge >= 0.3 is 0 Å². The van der Waals surface area contributed by atoms with E-state index in [1.54, 1.807) is 0 Å². The van der Waals surface area contributed by atoms with Gasteiger partial charge in [0.25, 0.3) is 0 Å². The Morgan fingerprint density at radius 2 is 1.95 bits per heavy atom. The first-order chi connectivity index (χ1) is 10.6. The second kappa shape index (κ2) is 6.19. The van der Waals surface area contributed by atoms with Gasteiger partial charge in [-0.1, -0.05) is 32.0 Å². The quantitative estimate of drug-likeness (QED) is 0.771. The van der Waals surface area contributed by atoms with Crippen LogP contribution in [0.4, 0.5) is 5.69 Å². The van der Waals surface area contributed by atoms with Gasteiger partial charge < -0.3 is 20.4 Å². The summed E-state index contributed by atoms with van der Waals surface area (Å²) in [5.41, 5.74) is 0.924. The van der Waals surface area contributed by atoms with E-state index in [0.717, 1.165) is 13.1 Å². The van der Waals surface area contributed by atoms with E-state index in [1.165, 1.54) is 5.69 Å². The van der Waals surface area contributed by atoms with E-state index >= 15 is 0 Å². The summed E-state index contributed by atoms with van der Waals surface area (Å²) in [6.07, 6.45) is 0.622. The van der Waals surface area contributed by atoms with Crippen LogP contribution >= 0.6 is 0 Å². The molecule has 0 saturated carbocycles. The van der Waals surface area contributed by atoms with Gasteiger partial charge in [-0.3, -0.25) is 0 Å². The summed E-state index contributed by atoms with van der Waals surface area (Å²) < 4.78 is 0. The minimum Gasteiger partial charge on any atom is -0.396 e. The number of benzene rings is 1. The van der Waals surface area contributed by atoms with Crippen molar-refractivity contribution in [3.8, 4) is 0 Å². The highest BCUT2D eigenvalue weighted by Gasteiger charge is 2.56. The average Bonchev–Trinajstić information content (AvgIpc) is 3.08. The second-order valence-electron chi connectivity index (χ2n) is 7.21. The van der Waals surface area contributed by atoms with Crippen LogP contribution in [0.15, 0.2) is 30.3 Å². The molecule has 0 spiro atoms. The number of hydrogen-bond donors (Lipinski definition) is 3. The first-order valence-corrected chi connectivity index (χ1v) is 8.40. The van der Waals surface area contributed by atoms with Gasteiger partial charge in [0.1, 0.15) is 0 Å². The Balaban J connectivity index is 1.87. The van der Waals surface area contributed by atoms with Gasteiger partial charge in [0, 0.05) is 42.9 Å². The Bertz CT molecular complexity index is 493. The second-order valence-corrected chi connectivity index (χ2v) is 7.21. The van der Waals surface area contributed by atoms with Crippen molar-refractivity contribution in [2.24, 2.45) is 17.8 Å². The molecule has 0 amide bonds. The van der Waals surface area contributed by atoms with Crippen LogP contribution in [0.1, 0.15) is 20.3 Å². The Labute approximate surface area is 133 Å². The number of nitrogens with zero attached hydrogens (tertiary/aromatic N) is 1. The zero-order valence-electron chi connectivity index (χ0n) is 13.6. The molecule has 1 aromatic rings. The number of aliphatic hydroxyl groups excluding tert-OH is 2. The largest absolute Gasteiger partial charge is 0.396 e. The number of fused-ring (bicyclic) bond motifs is 1. The fraction of sp³-hybridized carbons (Fsp3) is 0.667. The van der Waals surface area contributed by atoms with Gasteiger partial charge in [0.2, 0.25) is 0 Å². The third kappa shape index (κ3) is 2.53. The molecule has 2 fully saturated rings. The van der Waals surface area contributed by atoms with E-state index in [0.29, 0.717) is 30.2 Å². The number of nitrogens with one attached hydrogen (secondary N) is 1. The van der Waals surface area contributed by atoms with E-state index in [2.05, 4.69) is 48.3 Å². The van der Waals surface area contributed by atoms with Gasteiger partial charge in [-0.05, 0) is 30.4 Å². The van der Waals surface area contributed by atoms with Crippen molar-refractivity contribution >= 4 is 5.69 Å². The summed E-state index contributed by atoms with van der Waals surface area (Å²) in [7, 11) is 0. The Hall–Kier alpha value is -1.10. The number of para-hydroxylation sites is 1. The Morgan fingerprint density at radius 3 is 2.55 bits per heavy atom. The summed E-state index contributed by atoms with van der Waals surface area (Å²) >= 11 is 0. The zero-order chi connectivity index (χ0) is 15.7. The molecule has 2 aliphatic rings. The predicted octanol–water partition coefficient (Wildman–Crippen LogP) is 1.48. The highest BCUT2D eigenvalue weighted by atomic mass is 16.3. The van der Waals surface area contributed by atoms with Crippen LogP contribution in [0.2, 0.25) is 0 Å². The number of hydrogen-bond acceptors (Lipinski definition) is 4. The van der Waals surface area contributed by atoms with Crippen molar-refractivity contribution in [1.82, 2.24) is 5.32 Å². The maximum atomic E-state index is 10.1. The van der Waals surface area contributed by atoms with Crippen LogP contribution < -0.4 is 10.2 Å². The zero-order valence-corrected chi connectivity index (χ0v) is 13.6. The molecular weight excluding hydrogens is 276 g/mol. The van der Waals surface area contributed by atoms with Crippen molar-refractivity contribution in [3.63, 3.8) is 0 Å². The number of anilines is 1. The molecule has 2 saturated heterocycles. The standard InChI is InChI=1S/C18H28N2O2/c1-13(2)17-15-10-20(14-6-4-3-5-7-14)11-16(15)18(12-22,19-17)8-9-21/h3-7,13,15-17,19,21-22H,8-12H2,1-2H3/t15-,16+,17-,18+/m1/s1. The molecule has 1 aromatic carbocycles. The van der Waals surface area contributed by atoms with Gasteiger partial charge in [-0.2, -0.15) is 0 Å². The van der Waals surface area contributed by atoms with E-state index < -0.39 is 0 Å². The Morgan fingerprint density at radius 1 is 1.23 bits per heavy atom. The number of rotatable bonds is 5. The maximum Gasteiger partial charge on any atom is 0.0617 e. The van der Waals surface area contributed by atoms with Crippen molar-refractivity contribution in [3.05, 3.63) is 30.3 Å². The van der Waals surface area contributed by atoms with E-state index in [9.17, 15) is 10.2 Å². The van der Waals surface area contributed by atoms with Crippen LogP contribution in [0.25, 0.3) is 0 Å². The average molecular weight is 304 g/mol. The highest BCUT2D eigenvalue weighted by Crippen LogP contribution is 2.45. The Kier molecular flexibility index (Phi) is 4.44. The van der Waals surface area contributed by atoms with Gasteiger partial charge in [0.05, 0.1) is 6.61 Å². The molecule has 0 aliphatic carbocycles. The van der Waals surface area contributed by atoms with Gasteiger partial charge in [0.15, 0.2) is 0 Å². The summed E-state index contributed by atoms with van der Waals surface area (Å²) in [5.74, 6) is 1.44. The van der Waals surface area contributed by atoms with Crippen molar-refractivity contribution in [2.45, 2.75) is 31.8 Å². The molecule has 4 nitrogen and oxygen atoms in total. The fourth-order valence-electron chi connectivity index (χ4n) is 4.53. The summed E-state index contributed by atoms with van der Waals surface area (Å²) in [4.78, 5) is 2.44. The van der Waals surface area contributed by atoms with Crippen LogP contribution in [-0.4, -0.2) is 48.1 Å². The summed E-state index contributed by atoms with van der Waals surface area (Å²) in [6.45, 7) is 6.68. The molecule has 4 heteroatoms. The van der Waals surface area contributed by atoms with E-state index in [4.69, 9.17) is 0 Å². The molecule has 3 N–H and O–H groups in total. The highest BCUT2D eigenvalue weighted by molar-refractivity contribution is 5.48. The summed E-state index contributed by atoms with van der Waals surface area (Å²) in [5, 5.41) is 23.2. The van der Waals surface area contributed by atoms with Gasteiger partial charge in [-0.25, -0.2) is 0 Å². The van der Waals surface area contributed by atoms with E-state index in [-0.39, 0.29) is 18.8 Å². The molecule has 0 unspecified atom stereocenters. The molecule has 0 aromatic heterocycles. The minimum absolute atomic E-state index is 0.0978. The third-order valence-corrected chi connectivity index (χ3v) is 5.67. The van der Waals surface area contributed by atoms with Crippen molar-refractivity contribution in [2.75, 3.05) is 31.2 Å². The number of aliphatic hydroxyl groups is 2. The van der Waals surface area contributed by atoms with Crippen LogP contribution in [0.3, 0.4) is 0 Å². The van der Waals surface area contributed by atoms with Crippen molar-refractivity contribution < 1.29 is 10.2 Å².